The molecule has 0 saturated heterocycles. The molecule has 1 aromatic carbocycles. The molecule has 0 bridgehead atoms. The minimum Gasteiger partial charge on any atom is -0.324 e. The summed E-state index contributed by atoms with van der Waals surface area (Å²) in [7, 11) is 0. The van der Waals surface area contributed by atoms with Gasteiger partial charge in [0.05, 0.1) is 0 Å². The fourth-order valence-electron chi connectivity index (χ4n) is 1.49. The van der Waals surface area contributed by atoms with Gasteiger partial charge in [0, 0.05) is 17.4 Å². The largest absolute Gasteiger partial charge is 0.324 e. The number of hydrogen-bond acceptors (Lipinski definition) is 5. The normalized spacial score (nSPS) is 12.7. The molecule has 0 aliphatic carbocycles. The molecule has 0 radical (unpaired) electrons. The number of rotatable bonds is 4. The van der Waals surface area contributed by atoms with Crippen LogP contribution in [0, 0.1) is 5.82 Å². The molecular weight excluding hydrogens is 269 g/mol. The van der Waals surface area contributed by atoms with Crippen LogP contribution in [-0.2, 0) is 6.42 Å². The van der Waals surface area contributed by atoms with Gasteiger partial charge in [0.2, 0.25) is 0 Å². The summed E-state index contributed by atoms with van der Waals surface area (Å²) in [6, 6.07) is 4.46. The minimum atomic E-state index is -0.266. The zero-order chi connectivity index (χ0) is 13.1. The van der Waals surface area contributed by atoms with Gasteiger partial charge in [0.1, 0.15) is 11.6 Å². The lowest BCUT2D eigenvalue weighted by molar-refractivity contribution is 0.619. The molecule has 1 heterocycles. The van der Waals surface area contributed by atoms with Crippen molar-refractivity contribution >= 4 is 23.3 Å². The predicted octanol–water partition coefficient (Wildman–Crippen LogP) is 3.41. The van der Waals surface area contributed by atoms with Crippen molar-refractivity contribution < 1.29 is 4.39 Å². The summed E-state index contributed by atoms with van der Waals surface area (Å²) < 4.78 is 18.3. The third kappa shape index (κ3) is 3.07. The van der Waals surface area contributed by atoms with E-state index in [1.807, 2.05) is 13.8 Å². The molecule has 1 unspecified atom stereocenters. The lowest BCUT2D eigenvalue weighted by atomic mass is 10.1. The SMILES string of the molecule is CCc1nsc(Sc2ccc(F)cc2C(C)N)n1. The van der Waals surface area contributed by atoms with Gasteiger partial charge in [-0.2, -0.15) is 4.37 Å². The van der Waals surface area contributed by atoms with E-state index >= 15 is 0 Å². The van der Waals surface area contributed by atoms with Crippen molar-refractivity contribution in [2.24, 2.45) is 5.73 Å². The summed E-state index contributed by atoms with van der Waals surface area (Å²) in [6.07, 6.45) is 0.820. The highest BCUT2D eigenvalue weighted by Gasteiger charge is 2.12. The molecule has 0 amide bonds. The maximum absolute atomic E-state index is 13.2. The second-order valence-corrected chi connectivity index (χ2v) is 5.94. The smallest absolute Gasteiger partial charge is 0.174 e. The highest BCUT2D eigenvalue weighted by Crippen LogP contribution is 2.34. The summed E-state index contributed by atoms with van der Waals surface area (Å²) in [5.74, 6) is 0.574. The first-order valence-electron chi connectivity index (χ1n) is 5.65. The highest BCUT2D eigenvalue weighted by molar-refractivity contribution is 8.01. The Labute approximate surface area is 114 Å². The van der Waals surface area contributed by atoms with Crippen molar-refractivity contribution in [2.45, 2.75) is 35.5 Å². The minimum absolute atomic E-state index is 0.207. The van der Waals surface area contributed by atoms with E-state index in [4.69, 9.17) is 5.73 Å². The summed E-state index contributed by atoms with van der Waals surface area (Å²) in [4.78, 5) is 5.32. The van der Waals surface area contributed by atoms with E-state index < -0.39 is 0 Å². The Morgan fingerprint density at radius 1 is 1.50 bits per heavy atom. The van der Waals surface area contributed by atoms with Gasteiger partial charge in [0.15, 0.2) is 4.34 Å². The zero-order valence-corrected chi connectivity index (χ0v) is 11.8. The van der Waals surface area contributed by atoms with Crippen molar-refractivity contribution in [2.75, 3.05) is 0 Å². The molecular formula is C12H14FN3S2. The van der Waals surface area contributed by atoms with Crippen LogP contribution in [0.3, 0.4) is 0 Å². The monoisotopic (exact) mass is 283 g/mol. The summed E-state index contributed by atoms with van der Waals surface area (Å²) >= 11 is 2.85. The van der Waals surface area contributed by atoms with Gasteiger partial charge in [-0.05, 0) is 42.2 Å². The molecule has 6 heteroatoms. The Hall–Kier alpha value is -0.980. The molecule has 96 valence electrons. The van der Waals surface area contributed by atoms with Crippen molar-refractivity contribution in [1.82, 2.24) is 9.36 Å². The number of halogens is 1. The second kappa shape index (κ2) is 5.77. The number of benzene rings is 1. The van der Waals surface area contributed by atoms with E-state index in [0.29, 0.717) is 0 Å². The first kappa shape index (κ1) is 13.5. The van der Waals surface area contributed by atoms with Crippen LogP contribution in [0.5, 0.6) is 0 Å². The lowest BCUT2D eigenvalue weighted by Gasteiger charge is -2.10. The van der Waals surface area contributed by atoms with E-state index in [2.05, 4.69) is 9.36 Å². The third-order valence-electron chi connectivity index (χ3n) is 2.43. The molecule has 2 rings (SSSR count). The number of hydrogen-bond donors (Lipinski definition) is 1. The molecule has 0 saturated carbocycles. The van der Waals surface area contributed by atoms with E-state index in [1.54, 1.807) is 6.07 Å². The number of nitrogens with zero attached hydrogens (tertiary/aromatic N) is 2. The fraction of sp³-hybridized carbons (Fsp3) is 0.333. The van der Waals surface area contributed by atoms with Crippen LogP contribution < -0.4 is 5.73 Å². The van der Waals surface area contributed by atoms with Crippen LogP contribution in [0.25, 0.3) is 0 Å². The van der Waals surface area contributed by atoms with E-state index in [1.165, 1.54) is 35.4 Å². The predicted molar refractivity (Wildman–Crippen MR) is 72.4 cm³/mol. The van der Waals surface area contributed by atoms with Gasteiger partial charge in [-0.3, -0.25) is 0 Å². The number of aromatic nitrogens is 2. The fourth-order valence-corrected chi connectivity index (χ4v) is 3.35. The van der Waals surface area contributed by atoms with Gasteiger partial charge in [-0.1, -0.05) is 18.7 Å². The van der Waals surface area contributed by atoms with Crippen LogP contribution in [-0.4, -0.2) is 9.36 Å². The van der Waals surface area contributed by atoms with Gasteiger partial charge >= 0.3 is 0 Å². The Bertz CT molecular complexity index is 540. The Balaban J connectivity index is 2.28. The molecule has 0 spiro atoms. The van der Waals surface area contributed by atoms with Crippen LogP contribution in [0.15, 0.2) is 27.4 Å². The highest BCUT2D eigenvalue weighted by atomic mass is 32.2. The van der Waals surface area contributed by atoms with E-state index in [9.17, 15) is 4.39 Å². The number of nitrogens with two attached hydrogens (primary N) is 1. The van der Waals surface area contributed by atoms with Crippen LogP contribution in [0.1, 0.15) is 31.3 Å². The van der Waals surface area contributed by atoms with Crippen LogP contribution >= 0.6 is 23.3 Å². The first-order valence-corrected chi connectivity index (χ1v) is 7.24. The Morgan fingerprint density at radius 3 is 2.89 bits per heavy atom. The van der Waals surface area contributed by atoms with Gasteiger partial charge < -0.3 is 5.73 Å². The average molecular weight is 283 g/mol. The molecule has 0 aliphatic heterocycles. The maximum atomic E-state index is 13.2. The summed E-state index contributed by atoms with van der Waals surface area (Å²) in [6.45, 7) is 3.86. The maximum Gasteiger partial charge on any atom is 0.174 e. The molecule has 2 aromatic rings. The molecule has 3 nitrogen and oxygen atoms in total. The second-order valence-electron chi connectivity index (χ2n) is 3.90. The average Bonchev–Trinajstić information content (AvgIpc) is 2.79. The zero-order valence-electron chi connectivity index (χ0n) is 10.2. The quantitative estimate of drug-likeness (QED) is 0.934. The van der Waals surface area contributed by atoms with Crippen LogP contribution in [0.4, 0.5) is 4.39 Å². The van der Waals surface area contributed by atoms with Gasteiger partial charge in [-0.25, -0.2) is 9.37 Å². The number of aryl methyl sites for hydroxylation is 1. The standard InChI is InChI=1S/C12H14FN3S2/c1-3-11-15-12(18-16-11)17-10-5-4-8(13)6-9(10)7(2)14/h4-7H,3,14H2,1-2H3. The van der Waals surface area contributed by atoms with Crippen molar-refractivity contribution in [3.05, 3.63) is 35.4 Å². The first-order chi connectivity index (χ1) is 8.60. The van der Waals surface area contributed by atoms with Crippen LogP contribution in [0.2, 0.25) is 0 Å². The third-order valence-corrected chi connectivity index (χ3v) is 4.31. The molecule has 1 aromatic heterocycles. The summed E-state index contributed by atoms with van der Waals surface area (Å²) in [5.41, 5.74) is 6.66. The van der Waals surface area contributed by atoms with Crippen molar-refractivity contribution in [3.8, 4) is 0 Å². The lowest BCUT2D eigenvalue weighted by Crippen LogP contribution is -2.06. The molecule has 2 N–H and O–H groups in total. The molecule has 18 heavy (non-hydrogen) atoms. The van der Waals surface area contributed by atoms with E-state index in [-0.39, 0.29) is 11.9 Å². The van der Waals surface area contributed by atoms with E-state index in [0.717, 1.165) is 27.0 Å². The topological polar surface area (TPSA) is 51.8 Å². The van der Waals surface area contributed by atoms with Crippen molar-refractivity contribution in [1.29, 1.82) is 0 Å². The van der Waals surface area contributed by atoms with Crippen molar-refractivity contribution in [3.63, 3.8) is 0 Å². The Kier molecular flexibility index (Phi) is 4.31. The van der Waals surface area contributed by atoms with Gasteiger partial charge in [-0.15, -0.1) is 0 Å². The Morgan fingerprint density at radius 2 is 2.28 bits per heavy atom. The molecule has 0 fully saturated rings. The van der Waals surface area contributed by atoms with Gasteiger partial charge in [0.25, 0.3) is 0 Å². The molecule has 0 aliphatic rings. The molecule has 1 atom stereocenters. The summed E-state index contributed by atoms with van der Waals surface area (Å²) in [5, 5.41) is 0.